The van der Waals surface area contributed by atoms with Gasteiger partial charge in [-0.3, -0.25) is 19.8 Å². The van der Waals surface area contributed by atoms with Crippen molar-refractivity contribution in [2.24, 2.45) is 5.92 Å². The van der Waals surface area contributed by atoms with Crippen molar-refractivity contribution in [3.63, 3.8) is 0 Å². The lowest BCUT2D eigenvalue weighted by Crippen LogP contribution is -2.53. The summed E-state index contributed by atoms with van der Waals surface area (Å²) in [5.41, 5.74) is 1.67. The van der Waals surface area contributed by atoms with E-state index in [9.17, 15) is 19.2 Å². The number of hydrazine groups is 1. The zero-order chi connectivity index (χ0) is 19.7. The predicted octanol–water partition coefficient (Wildman–Crippen LogP) is 1.89. The molecule has 3 heterocycles. The van der Waals surface area contributed by atoms with Gasteiger partial charge in [-0.1, -0.05) is 25.3 Å². The highest BCUT2D eigenvalue weighted by Crippen LogP contribution is 2.33. The highest BCUT2D eigenvalue weighted by Gasteiger charge is 2.52. The van der Waals surface area contributed by atoms with Crippen LogP contribution in [0.4, 0.5) is 4.79 Å². The van der Waals surface area contributed by atoms with Crippen molar-refractivity contribution in [1.29, 1.82) is 0 Å². The number of carbonyl (C=O) groups is 4. The van der Waals surface area contributed by atoms with Crippen LogP contribution < -0.4 is 10.7 Å². The third-order valence-electron chi connectivity index (χ3n) is 5.98. The molecule has 1 aliphatic carbocycles. The van der Waals surface area contributed by atoms with Crippen molar-refractivity contribution >= 4 is 35.1 Å². The summed E-state index contributed by atoms with van der Waals surface area (Å²) in [5.74, 6) is -1.02. The molecular weight excluding hydrogens is 380 g/mol. The van der Waals surface area contributed by atoms with E-state index in [-0.39, 0.29) is 23.6 Å². The third kappa shape index (κ3) is 3.39. The fraction of sp³-hybridized carbons (Fsp3) is 0.579. The number of carbonyl (C=O) groups excluding carboxylic acids is 4. The molecule has 28 heavy (non-hydrogen) atoms. The number of rotatable bonds is 3. The molecule has 1 saturated carbocycles. The van der Waals surface area contributed by atoms with Gasteiger partial charge in [0, 0.05) is 19.0 Å². The number of nitrogens with zero attached hydrogens (tertiary/aromatic N) is 2. The zero-order valence-corrected chi connectivity index (χ0v) is 16.4. The SMILES string of the molecule is O=C(NN1C(=O)NC2(CCCCC2)C1=O)C1CCN(C(=O)c2cccs2)CC1. The molecule has 0 bridgehead atoms. The molecule has 2 aliphatic heterocycles. The molecule has 0 atom stereocenters. The number of hydrogen-bond donors (Lipinski definition) is 2. The Balaban J connectivity index is 1.33. The maximum atomic E-state index is 12.8. The molecule has 2 N–H and O–H groups in total. The summed E-state index contributed by atoms with van der Waals surface area (Å²) in [5, 5.41) is 5.51. The van der Waals surface area contributed by atoms with Crippen LogP contribution in [-0.2, 0) is 9.59 Å². The van der Waals surface area contributed by atoms with Gasteiger partial charge in [-0.2, -0.15) is 5.01 Å². The highest BCUT2D eigenvalue weighted by atomic mass is 32.1. The van der Waals surface area contributed by atoms with Crippen molar-refractivity contribution in [3.8, 4) is 0 Å². The summed E-state index contributed by atoms with van der Waals surface area (Å²) >= 11 is 1.41. The van der Waals surface area contributed by atoms with Crippen LogP contribution in [0.25, 0.3) is 0 Å². The minimum atomic E-state index is -0.848. The number of urea groups is 1. The largest absolute Gasteiger partial charge is 0.344 e. The zero-order valence-electron chi connectivity index (χ0n) is 15.6. The number of amides is 5. The maximum Gasteiger partial charge on any atom is 0.344 e. The first-order valence-corrected chi connectivity index (χ1v) is 10.7. The van der Waals surface area contributed by atoms with E-state index in [1.165, 1.54) is 11.3 Å². The van der Waals surface area contributed by atoms with Gasteiger partial charge in [-0.25, -0.2) is 4.79 Å². The molecule has 2 saturated heterocycles. The molecule has 8 nitrogen and oxygen atoms in total. The van der Waals surface area contributed by atoms with Gasteiger partial charge in [0.25, 0.3) is 11.8 Å². The number of nitrogens with one attached hydrogen (secondary N) is 2. The molecule has 3 aliphatic rings. The van der Waals surface area contributed by atoms with Gasteiger partial charge < -0.3 is 10.2 Å². The minimum Gasteiger partial charge on any atom is -0.338 e. The molecular formula is C19H24N4O4S. The summed E-state index contributed by atoms with van der Waals surface area (Å²) in [6.07, 6.45) is 5.10. The molecule has 9 heteroatoms. The molecule has 150 valence electrons. The van der Waals surface area contributed by atoms with E-state index in [0.717, 1.165) is 24.3 Å². The average molecular weight is 404 g/mol. The Morgan fingerprint density at radius 3 is 2.50 bits per heavy atom. The molecule has 1 aromatic rings. The van der Waals surface area contributed by atoms with Crippen molar-refractivity contribution in [3.05, 3.63) is 22.4 Å². The van der Waals surface area contributed by atoms with Gasteiger partial charge in [-0.15, -0.1) is 11.3 Å². The smallest absolute Gasteiger partial charge is 0.338 e. The normalized spacial score (nSPS) is 22.4. The van der Waals surface area contributed by atoms with E-state index in [1.54, 1.807) is 11.0 Å². The van der Waals surface area contributed by atoms with Crippen LogP contribution in [0.3, 0.4) is 0 Å². The summed E-state index contributed by atoms with van der Waals surface area (Å²) in [7, 11) is 0. The van der Waals surface area contributed by atoms with Crippen LogP contribution in [0.2, 0.25) is 0 Å². The molecule has 1 aromatic heterocycles. The Hall–Kier alpha value is -2.42. The quantitative estimate of drug-likeness (QED) is 0.752. The van der Waals surface area contributed by atoms with E-state index in [2.05, 4.69) is 10.7 Å². The standard InChI is InChI=1S/C19H24N4O4S/c24-15(13-6-10-22(11-7-13)16(25)14-5-4-12-28-14)21-23-17(26)19(20-18(23)27)8-2-1-3-9-19/h4-5,12-13H,1-3,6-11H2,(H,20,27)(H,21,24). The van der Waals surface area contributed by atoms with Gasteiger partial charge in [-0.05, 0) is 37.1 Å². The Morgan fingerprint density at radius 1 is 1.14 bits per heavy atom. The second-order valence-corrected chi connectivity index (χ2v) is 8.68. The predicted molar refractivity (Wildman–Crippen MR) is 102 cm³/mol. The van der Waals surface area contributed by atoms with E-state index in [1.807, 2.05) is 11.4 Å². The molecule has 0 radical (unpaired) electrons. The van der Waals surface area contributed by atoms with E-state index < -0.39 is 11.6 Å². The Morgan fingerprint density at radius 2 is 1.86 bits per heavy atom. The Bertz CT molecular complexity index is 780. The lowest BCUT2D eigenvalue weighted by molar-refractivity contribution is -0.141. The lowest BCUT2D eigenvalue weighted by Gasteiger charge is -2.32. The van der Waals surface area contributed by atoms with E-state index in [4.69, 9.17) is 0 Å². The first kappa shape index (κ1) is 18.9. The van der Waals surface area contributed by atoms with Crippen LogP contribution in [0.15, 0.2) is 17.5 Å². The molecule has 5 amide bonds. The fourth-order valence-electron chi connectivity index (χ4n) is 4.32. The van der Waals surface area contributed by atoms with Gasteiger partial charge in [0.05, 0.1) is 4.88 Å². The second-order valence-electron chi connectivity index (χ2n) is 7.73. The van der Waals surface area contributed by atoms with Crippen LogP contribution >= 0.6 is 11.3 Å². The van der Waals surface area contributed by atoms with Gasteiger partial charge in [0.15, 0.2) is 0 Å². The van der Waals surface area contributed by atoms with Crippen molar-refractivity contribution in [2.45, 2.75) is 50.5 Å². The number of imide groups is 1. The summed E-state index contributed by atoms with van der Waals surface area (Å²) in [6.45, 7) is 0.970. The summed E-state index contributed by atoms with van der Waals surface area (Å²) < 4.78 is 0. The number of piperidine rings is 1. The summed E-state index contributed by atoms with van der Waals surface area (Å²) in [6, 6.07) is 3.09. The van der Waals surface area contributed by atoms with Crippen molar-refractivity contribution in [2.75, 3.05) is 13.1 Å². The topological polar surface area (TPSA) is 98.8 Å². The third-order valence-corrected chi connectivity index (χ3v) is 6.83. The maximum absolute atomic E-state index is 12.8. The monoisotopic (exact) mass is 404 g/mol. The van der Waals surface area contributed by atoms with Crippen molar-refractivity contribution < 1.29 is 19.2 Å². The first-order valence-electron chi connectivity index (χ1n) is 9.80. The minimum absolute atomic E-state index is 0.0119. The molecule has 0 unspecified atom stereocenters. The van der Waals surface area contributed by atoms with E-state index in [0.29, 0.717) is 43.6 Å². The van der Waals surface area contributed by atoms with Gasteiger partial charge in [0.2, 0.25) is 5.91 Å². The number of likely N-dealkylation sites (tertiary alicyclic amines) is 1. The fourth-order valence-corrected chi connectivity index (χ4v) is 5.01. The first-order chi connectivity index (χ1) is 13.5. The molecule has 0 aromatic carbocycles. The number of hydrogen-bond acceptors (Lipinski definition) is 5. The highest BCUT2D eigenvalue weighted by molar-refractivity contribution is 7.12. The number of thiophene rings is 1. The summed E-state index contributed by atoms with van der Waals surface area (Å²) in [4.78, 5) is 52.5. The van der Waals surface area contributed by atoms with E-state index >= 15 is 0 Å². The molecule has 4 rings (SSSR count). The van der Waals surface area contributed by atoms with Crippen LogP contribution in [0.1, 0.15) is 54.6 Å². The lowest BCUT2D eigenvalue weighted by atomic mass is 9.82. The van der Waals surface area contributed by atoms with Crippen LogP contribution in [0, 0.1) is 5.92 Å². The van der Waals surface area contributed by atoms with Crippen LogP contribution in [-0.4, -0.2) is 52.3 Å². The molecule has 1 spiro atoms. The average Bonchev–Trinajstić information content (AvgIpc) is 3.32. The molecule has 3 fully saturated rings. The second kappa shape index (κ2) is 7.54. The van der Waals surface area contributed by atoms with Gasteiger partial charge >= 0.3 is 6.03 Å². The van der Waals surface area contributed by atoms with Crippen LogP contribution in [0.5, 0.6) is 0 Å². The van der Waals surface area contributed by atoms with Gasteiger partial charge in [0.1, 0.15) is 5.54 Å². The Kier molecular flexibility index (Phi) is 5.09. The van der Waals surface area contributed by atoms with Crippen molar-refractivity contribution in [1.82, 2.24) is 20.7 Å². The Labute approximate surface area is 167 Å².